The summed E-state index contributed by atoms with van der Waals surface area (Å²) in [5.74, 6) is -1.33. The molecule has 1 aliphatic rings. The van der Waals surface area contributed by atoms with Crippen LogP contribution in [0, 0.1) is 10.1 Å². The molecule has 3 N–H and O–H groups in total. The highest BCUT2D eigenvalue weighted by Gasteiger charge is 2.34. The van der Waals surface area contributed by atoms with Crippen molar-refractivity contribution in [3.8, 4) is 5.75 Å². The van der Waals surface area contributed by atoms with E-state index in [-0.39, 0.29) is 22.8 Å². The molecule has 0 spiro atoms. The molecule has 0 bridgehead atoms. The molecular formula is C18H14N4O6. The number of nitro benzene ring substituents is 1. The number of phenolic OH excluding ortho intramolecular Hbond substituents is 1. The molecule has 10 nitrogen and oxygen atoms in total. The highest BCUT2D eigenvalue weighted by atomic mass is 16.6. The quantitative estimate of drug-likeness (QED) is 0.312. The molecule has 0 aliphatic carbocycles. The van der Waals surface area contributed by atoms with Crippen LogP contribution in [0.15, 0.2) is 54.2 Å². The van der Waals surface area contributed by atoms with E-state index in [0.29, 0.717) is 5.56 Å². The maximum atomic E-state index is 12.4. The third-order valence-corrected chi connectivity index (χ3v) is 3.81. The zero-order chi connectivity index (χ0) is 20.3. The van der Waals surface area contributed by atoms with Gasteiger partial charge in [-0.3, -0.25) is 19.7 Å². The average molecular weight is 382 g/mol. The molecule has 0 aromatic heterocycles. The molecule has 1 aliphatic heterocycles. The Kier molecular flexibility index (Phi) is 5.03. The Labute approximate surface area is 158 Å². The van der Waals surface area contributed by atoms with Crippen molar-refractivity contribution in [1.82, 2.24) is 10.2 Å². The number of hydrogen-bond acceptors (Lipinski definition) is 6. The fraction of sp³-hybridized carbons (Fsp3) is 0.0556. The number of benzene rings is 2. The maximum Gasteiger partial charge on any atom is 0.329 e. The van der Waals surface area contributed by atoms with Gasteiger partial charge in [0.05, 0.1) is 4.92 Å². The number of amides is 4. The van der Waals surface area contributed by atoms with Gasteiger partial charge in [-0.15, -0.1) is 0 Å². The van der Waals surface area contributed by atoms with Crippen LogP contribution in [0.1, 0.15) is 5.56 Å². The first-order valence-electron chi connectivity index (χ1n) is 8.01. The standard InChI is InChI=1S/C18H14N4O6/c23-14-3-1-2-11(8-14)9-15-17(25)21(18(26)20-15)10-16(24)19-12-4-6-13(7-5-12)22(27)28/h1-9,23H,10H2,(H,19,24)(H,20,26)/b15-9-. The van der Waals surface area contributed by atoms with E-state index in [4.69, 9.17) is 0 Å². The lowest BCUT2D eigenvalue weighted by Crippen LogP contribution is -2.38. The van der Waals surface area contributed by atoms with E-state index in [1.165, 1.54) is 42.5 Å². The van der Waals surface area contributed by atoms with E-state index in [2.05, 4.69) is 10.6 Å². The number of carbonyl (C=O) groups excluding carboxylic acids is 3. The highest BCUT2D eigenvalue weighted by molar-refractivity contribution is 6.15. The van der Waals surface area contributed by atoms with Crippen molar-refractivity contribution in [2.75, 3.05) is 11.9 Å². The molecule has 142 valence electrons. The third-order valence-electron chi connectivity index (χ3n) is 3.81. The molecule has 1 fully saturated rings. The van der Waals surface area contributed by atoms with Crippen molar-refractivity contribution in [2.45, 2.75) is 0 Å². The number of rotatable bonds is 5. The molecule has 28 heavy (non-hydrogen) atoms. The second-order valence-corrected chi connectivity index (χ2v) is 5.83. The number of carbonyl (C=O) groups is 3. The Hall–Kier alpha value is -4.21. The monoisotopic (exact) mass is 382 g/mol. The first-order valence-corrected chi connectivity index (χ1v) is 8.01. The summed E-state index contributed by atoms with van der Waals surface area (Å²) in [4.78, 5) is 47.3. The number of aromatic hydroxyl groups is 1. The number of non-ortho nitro benzene ring substituents is 1. The Morgan fingerprint density at radius 1 is 1.21 bits per heavy atom. The number of hydrogen-bond donors (Lipinski definition) is 3. The summed E-state index contributed by atoms with van der Waals surface area (Å²) < 4.78 is 0. The molecule has 3 rings (SSSR count). The van der Waals surface area contributed by atoms with Crippen LogP contribution in [-0.2, 0) is 9.59 Å². The lowest BCUT2D eigenvalue weighted by atomic mass is 10.2. The van der Waals surface area contributed by atoms with Gasteiger partial charge in [0.25, 0.3) is 11.6 Å². The van der Waals surface area contributed by atoms with Gasteiger partial charge in [-0.1, -0.05) is 12.1 Å². The molecule has 0 saturated carbocycles. The van der Waals surface area contributed by atoms with Gasteiger partial charge in [0.15, 0.2) is 0 Å². The number of nitrogens with zero attached hydrogens (tertiary/aromatic N) is 2. The molecule has 0 radical (unpaired) electrons. The van der Waals surface area contributed by atoms with Crippen molar-refractivity contribution in [1.29, 1.82) is 0 Å². The predicted molar refractivity (Wildman–Crippen MR) is 98.1 cm³/mol. The van der Waals surface area contributed by atoms with Crippen LogP contribution >= 0.6 is 0 Å². The van der Waals surface area contributed by atoms with Crippen LogP contribution < -0.4 is 10.6 Å². The van der Waals surface area contributed by atoms with Crippen LogP contribution in [0.2, 0.25) is 0 Å². The number of imide groups is 1. The molecule has 4 amide bonds. The lowest BCUT2D eigenvalue weighted by molar-refractivity contribution is -0.384. The zero-order valence-electron chi connectivity index (χ0n) is 14.3. The number of nitrogens with one attached hydrogen (secondary N) is 2. The SMILES string of the molecule is O=C(CN1C(=O)N/C(=C\c2cccc(O)c2)C1=O)Nc1ccc([N+](=O)[O-])cc1. The number of phenols is 1. The van der Waals surface area contributed by atoms with Crippen molar-refractivity contribution in [3.63, 3.8) is 0 Å². The van der Waals surface area contributed by atoms with Crippen LogP contribution in [-0.4, -0.2) is 39.3 Å². The Morgan fingerprint density at radius 3 is 2.57 bits per heavy atom. The lowest BCUT2D eigenvalue weighted by Gasteiger charge is -2.11. The van der Waals surface area contributed by atoms with Crippen molar-refractivity contribution >= 4 is 35.3 Å². The van der Waals surface area contributed by atoms with Crippen LogP contribution in [0.5, 0.6) is 5.75 Å². The van der Waals surface area contributed by atoms with Gasteiger partial charge in [-0.05, 0) is 35.9 Å². The van der Waals surface area contributed by atoms with Gasteiger partial charge in [0, 0.05) is 17.8 Å². The van der Waals surface area contributed by atoms with E-state index in [0.717, 1.165) is 4.90 Å². The van der Waals surface area contributed by atoms with E-state index >= 15 is 0 Å². The first-order chi connectivity index (χ1) is 13.3. The van der Waals surface area contributed by atoms with E-state index in [1.54, 1.807) is 12.1 Å². The summed E-state index contributed by atoms with van der Waals surface area (Å²) in [6.45, 7) is -0.529. The largest absolute Gasteiger partial charge is 0.508 e. The normalized spacial score (nSPS) is 14.9. The molecule has 0 atom stereocenters. The van der Waals surface area contributed by atoms with E-state index in [1.807, 2.05) is 0 Å². The van der Waals surface area contributed by atoms with Gasteiger partial charge < -0.3 is 15.7 Å². The number of urea groups is 1. The summed E-state index contributed by atoms with van der Waals surface area (Å²) in [5.41, 5.74) is 0.631. The molecule has 2 aromatic rings. The topological polar surface area (TPSA) is 142 Å². The van der Waals surface area contributed by atoms with E-state index in [9.17, 15) is 29.6 Å². The second-order valence-electron chi connectivity index (χ2n) is 5.83. The van der Waals surface area contributed by atoms with Gasteiger partial charge in [-0.25, -0.2) is 9.69 Å². The van der Waals surface area contributed by atoms with Gasteiger partial charge in [0.1, 0.15) is 18.0 Å². The maximum absolute atomic E-state index is 12.4. The molecular weight excluding hydrogens is 368 g/mol. The van der Waals surface area contributed by atoms with Crippen LogP contribution in [0.4, 0.5) is 16.2 Å². The van der Waals surface area contributed by atoms with Gasteiger partial charge in [0.2, 0.25) is 5.91 Å². The molecule has 10 heteroatoms. The number of nitro groups is 1. The van der Waals surface area contributed by atoms with Gasteiger partial charge >= 0.3 is 6.03 Å². The summed E-state index contributed by atoms with van der Waals surface area (Å²) >= 11 is 0. The van der Waals surface area contributed by atoms with Crippen LogP contribution in [0.25, 0.3) is 6.08 Å². The Bertz CT molecular complexity index is 999. The molecule has 2 aromatic carbocycles. The minimum absolute atomic E-state index is 0.00505. The van der Waals surface area contributed by atoms with Crippen molar-refractivity contribution in [3.05, 3.63) is 69.9 Å². The summed E-state index contributed by atoms with van der Waals surface area (Å²) in [7, 11) is 0. The summed E-state index contributed by atoms with van der Waals surface area (Å²) in [6, 6.07) is 10.5. The number of anilines is 1. The smallest absolute Gasteiger partial charge is 0.329 e. The Balaban J connectivity index is 1.66. The summed E-state index contributed by atoms with van der Waals surface area (Å²) in [5, 5.41) is 24.9. The summed E-state index contributed by atoms with van der Waals surface area (Å²) in [6.07, 6.45) is 1.38. The molecule has 1 saturated heterocycles. The fourth-order valence-corrected chi connectivity index (χ4v) is 2.51. The van der Waals surface area contributed by atoms with Crippen molar-refractivity contribution < 1.29 is 24.4 Å². The van der Waals surface area contributed by atoms with Crippen LogP contribution in [0.3, 0.4) is 0 Å². The third kappa shape index (κ3) is 4.12. The minimum atomic E-state index is -0.754. The highest BCUT2D eigenvalue weighted by Crippen LogP contribution is 2.18. The fourth-order valence-electron chi connectivity index (χ4n) is 2.51. The predicted octanol–water partition coefficient (Wildman–Crippen LogP) is 1.83. The van der Waals surface area contributed by atoms with Crippen molar-refractivity contribution in [2.24, 2.45) is 0 Å². The first kappa shape index (κ1) is 18.6. The zero-order valence-corrected chi connectivity index (χ0v) is 14.3. The minimum Gasteiger partial charge on any atom is -0.508 e. The molecule has 1 heterocycles. The Morgan fingerprint density at radius 2 is 1.93 bits per heavy atom. The average Bonchev–Trinajstić information content (AvgIpc) is 2.89. The van der Waals surface area contributed by atoms with Gasteiger partial charge in [-0.2, -0.15) is 0 Å². The van der Waals surface area contributed by atoms with E-state index < -0.39 is 29.3 Å². The second kappa shape index (κ2) is 7.58. The molecule has 0 unspecified atom stereocenters.